The summed E-state index contributed by atoms with van der Waals surface area (Å²) in [4.78, 5) is 27.8. The molecule has 0 aliphatic rings. The first kappa shape index (κ1) is 16.2. The van der Waals surface area contributed by atoms with Crippen molar-refractivity contribution in [1.82, 2.24) is 10.3 Å². The number of aromatic nitrogens is 1. The van der Waals surface area contributed by atoms with E-state index in [2.05, 4.69) is 10.3 Å². The van der Waals surface area contributed by atoms with Gasteiger partial charge in [-0.05, 0) is 20.8 Å². The minimum absolute atomic E-state index is 0.147. The molecule has 1 aromatic heterocycles. The molecule has 1 N–H and O–H groups in total. The summed E-state index contributed by atoms with van der Waals surface area (Å²) in [5.41, 5.74) is -1.23. The lowest BCUT2D eigenvalue weighted by molar-refractivity contribution is -0.158. The van der Waals surface area contributed by atoms with Gasteiger partial charge >= 0.3 is 5.97 Å². The third-order valence-corrected chi connectivity index (χ3v) is 2.89. The fourth-order valence-corrected chi connectivity index (χ4v) is 1.45. The van der Waals surface area contributed by atoms with Crippen LogP contribution in [0.3, 0.4) is 0 Å². The van der Waals surface area contributed by atoms with Crippen molar-refractivity contribution in [3.05, 3.63) is 17.8 Å². The summed E-state index contributed by atoms with van der Waals surface area (Å²) in [6, 6.07) is 0. The van der Waals surface area contributed by atoms with Crippen LogP contribution in [-0.4, -0.2) is 23.5 Å². The highest BCUT2D eigenvalue weighted by Crippen LogP contribution is 2.18. The van der Waals surface area contributed by atoms with Crippen molar-refractivity contribution in [2.75, 3.05) is 6.61 Å². The average molecular weight is 282 g/mol. The zero-order valence-corrected chi connectivity index (χ0v) is 12.6. The molecule has 0 bridgehead atoms. The number of amides is 1. The van der Waals surface area contributed by atoms with Crippen LogP contribution < -0.4 is 5.32 Å². The monoisotopic (exact) mass is 282 g/mol. The zero-order chi connectivity index (χ0) is 15.3. The van der Waals surface area contributed by atoms with Crippen LogP contribution in [0.2, 0.25) is 0 Å². The molecule has 0 fully saturated rings. The Kier molecular flexibility index (Phi) is 5.30. The van der Waals surface area contributed by atoms with E-state index in [1.807, 2.05) is 13.8 Å². The Bertz CT molecular complexity index is 477. The third-order valence-electron chi connectivity index (χ3n) is 2.89. The summed E-state index contributed by atoms with van der Waals surface area (Å²) in [7, 11) is 0. The van der Waals surface area contributed by atoms with Crippen LogP contribution >= 0.6 is 0 Å². The highest BCUT2D eigenvalue weighted by molar-refractivity contribution is 6.01. The predicted molar refractivity (Wildman–Crippen MR) is 72.9 cm³/mol. The fourth-order valence-electron chi connectivity index (χ4n) is 1.45. The van der Waals surface area contributed by atoms with Gasteiger partial charge in [0.1, 0.15) is 11.2 Å². The number of carbonyl (C=O) groups excluding carboxylic acids is 2. The number of oxazole rings is 1. The number of nitrogens with one attached hydrogen (secondary N) is 1. The lowest BCUT2D eigenvalue weighted by Gasteiger charge is -2.20. The van der Waals surface area contributed by atoms with Crippen LogP contribution in [0.1, 0.15) is 52.2 Å². The standard InChI is InChI=1S/C14H22N2O4/c1-6-19-13(18)14(4,5)12(17)16-8-11-15-7-10(20-11)9(2)3/h7,9H,6,8H2,1-5H3,(H,16,17). The second-order valence-electron chi connectivity index (χ2n) is 5.34. The van der Waals surface area contributed by atoms with Crippen molar-refractivity contribution in [2.45, 2.75) is 47.1 Å². The molecule has 6 heteroatoms. The molecule has 20 heavy (non-hydrogen) atoms. The molecule has 112 valence electrons. The van der Waals surface area contributed by atoms with Gasteiger partial charge in [0.15, 0.2) is 0 Å². The van der Waals surface area contributed by atoms with Crippen molar-refractivity contribution in [2.24, 2.45) is 5.41 Å². The smallest absolute Gasteiger partial charge is 0.321 e. The molecule has 6 nitrogen and oxygen atoms in total. The molecule has 0 atom stereocenters. The van der Waals surface area contributed by atoms with Gasteiger partial charge in [0, 0.05) is 5.92 Å². The Balaban J connectivity index is 2.59. The lowest BCUT2D eigenvalue weighted by Crippen LogP contribution is -2.43. The van der Waals surface area contributed by atoms with Crippen LogP contribution in [0.25, 0.3) is 0 Å². The fraction of sp³-hybridized carbons (Fsp3) is 0.643. The van der Waals surface area contributed by atoms with Gasteiger partial charge in [0.25, 0.3) is 0 Å². The van der Waals surface area contributed by atoms with Crippen molar-refractivity contribution >= 4 is 11.9 Å². The van der Waals surface area contributed by atoms with Gasteiger partial charge in [0.05, 0.1) is 19.3 Å². The van der Waals surface area contributed by atoms with Crippen molar-refractivity contribution < 1.29 is 18.7 Å². The Morgan fingerprint density at radius 2 is 2.10 bits per heavy atom. The van der Waals surface area contributed by atoms with E-state index in [0.717, 1.165) is 5.76 Å². The number of nitrogens with zero attached hydrogens (tertiary/aromatic N) is 1. The molecule has 0 aromatic carbocycles. The van der Waals surface area contributed by atoms with E-state index in [1.54, 1.807) is 13.1 Å². The van der Waals surface area contributed by atoms with Crippen LogP contribution in [0.5, 0.6) is 0 Å². The Morgan fingerprint density at radius 1 is 1.45 bits per heavy atom. The molecule has 0 spiro atoms. The Hall–Kier alpha value is -1.85. The summed E-state index contributed by atoms with van der Waals surface area (Å²) in [6.07, 6.45) is 1.64. The van der Waals surface area contributed by atoms with Crippen molar-refractivity contribution in [3.8, 4) is 0 Å². The van der Waals surface area contributed by atoms with Gasteiger partial charge in [-0.2, -0.15) is 0 Å². The maximum atomic E-state index is 12.0. The van der Waals surface area contributed by atoms with Crippen molar-refractivity contribution in [1.29, 1.82) is 0 Å². The number of hydrogen-bond acceptors (Lipinski definition) is 5. The van der Waals surface area contributed by atoms with Crippen LogP contribution in [-0.2, 0) is 20.9 Å². The first-order chi connectivity index (χ1) is 9.28. The minimum atomic E-state index is -1.23. The summed E-state index contributed by atoms with van der Waals surface area (Å²) >= 11 is 0. The zero-order valence-electron chi connectivity index (χ0n) is 12.6. The third kappa shape index (κ3) is 3.82. The highest BCUT2D eigenvalue weighted by atomic mass is 16.5. The summed E-state index contributed by atoms with van der Waals surface area (Å²) in [5, 5.41) is 2.63. The second kappa shape index (κ2) is 6.54. The molecule has 0 aliphatic heterocycles. The SMILES string of the molecule is CCOC(=O)C(C)(C)C(=O)NCc1ncc(C(C)C)o1. The Morgan fingerprint density at radius 3 is 2.60 bits per heavy atom. The largest absolute Gasteiger partial charge is 0.465 e. The van der Waals surface area contributed by atoms with Gasteiger partial charge in [-0.25, -0.2) is 4.98 Å². The molecule has 0 aliphatic carbocycles. The maximum absolute atomic E-state index is 12.0. The number of ether oxygens (including phenoxy) is 1. The lowest BCUT2D eigenvalue weighted by atomic mass is 9.92. The molecule has 0 saturated heterocycles. The number of esters is 1. The van der Waals surface area contributed by atoms with Gasteiger partial charge < -0.3 is 14.5 Å². The van der Waals surface area contributed by atoms with E-state index in [-0.39, 0.29) is 19.1 Å². The van der Waals surface area contributed by atoms with Gasteiger partial charge in [-0.1, -0.05) is 13.8 Å². The summed E-state index contributed by atoms with van der Waals surface area (Å²) < 4.78 is 10.4. The van der Waals surface area contributed by atoms with Crippen LogP contribution in [0.4, 0.5) is 0 Å². The van der Waals surface area contributed by atoms with Gasteiger partial charge in [-0.3, -0.25) is 9.59 Å². The topological polar surface area (TPSA) is 81.4 Å². The maximum Gasteiger partial charge on any atom is 0.321 e. The van der Waals surface area contributed by atoms with Crippen LogP contribution in [0, 0.1) is 5.41 Å². The molecule has 1 heterocycles. The van der Waals surface area contributed by atoms with E-state index in [0.29, 0.717) is 5.89 Å². The van der Waals surface area contributed by atoms with Gasteiger partial charge in [0.2, 0.25) is 11.8 Å². The summed E-state index contributed by atoms with van der Waals surface area (Å²) in [5.74, 6) is 0.455. The molecular formula is C14H22N2O4. The second-order valence-corrected chi connectivity index (χ2v) is 5.34. The average Bonchev–Trinajstić information content (AvgIpc) is 2.85. The molecule has 0 saturated carbocycles. The molecular weight excluding hydrogens is 260 g/mol. The molecule has 1 rings (SSSR count). The molecule has 1 amide bonds. The van der Waals surface area contributed by atoms with Gasteiger partial charge in [-0.15, -0.1) is 0 Å². The predicted octanol–water partition coefficient (Wildman–Crippen LogP) is 2.00. The number of carbonyl (C=O) groups is 2. The highest BCUT2D eigenvalue weighted by Gasteiger charge is 2.37. The quantitative estimate of drug-likeness (QED) is 0.637. The van der Waals surface area contributed by atoms with Crippen molar-refractivity contribution in [3.63, 3.8) is 0 Å². The van der Waals surface area contributed by atoms with E-state index in [9.17, 15) is 9.59 Å². The molecule has 0 unspecified atom stereocenters. The summed E-state index contributed by atoms with van der Waals surface area (Å²) in [6.45, 7) is 9.12. The normalized spacial score (nSPS) is 11.5. The van der Waals surface area contributed by atoms with E-state index in [1.165, 1.54) is 13.8 Å². The van der Waals surface area contributed by atoms with E-state index in [4.69, 9.17) is 9.15 Å². The minimum Gasteiger partial charge on any atom is -0.465 e. The van der Waals surface area contributed by atoms with E-state index < -0.39 is 17.3 Å². The Labute approximate surface area is 118 Å². The number of hydrogen-bond donors (Lipinski definition) is 1. The number of rotatable bonds is 6. The van der Waals surface area contributed by atoms with Crippen LogP contribution in [0.15, 0.2) is 10.6 Å². The molecule has 1 aromatic rings. The van der Waals surface area contributed by atoms with E-state index >= 15 is 0 Å². The molecule has 0 radical (unpaired) electrons. The first-order valence-corrected chi connectivity index (χ1v) is 6.69. The first-order valence-electron chi connectivity index (χ1n) is 6.69.